The van der Waals surface area contributed by atoms with Crippen molar-refractivity contribution in [1.82, 2.24) is 4.98 Å². The molecule has 3 heterocycles. The van der Waals surface area contributed by atoms with Gasteiger partial charge in [0.25, 0.3) is 0 Å². The summed E-state index contributed by atoms with van der Waals surface area (Å²) in [5.41, 5.74) is 1.64. The molecule has 0 N–H and O–H groups in total. The second-order valence-corrected chi connectivity index (χ2v) is 5.71. The lowest BCUT2D eigenvalue weighted by Crippen LogP contribution is -2.32. The molecule has 0 bridgehead atoms. The minimum atomic E-state index is -0.405. The standard InChI is InChI=1S/C19H17NO4/c1-2-22-16-10-14(12-6-5-9-20-11-12)17-18(24-16)13-7-3-4-8-15(13)23-19(17)21/h3-9,11,14,16H,2,10H2,1H3/t14-,16-/m1/s1. The van der Waals surface area contributed by atoms with E-state index in [2.05, 4.69) is 4.98 Å². The van der Waals surface area contributed by atoms with E-state index in [0.717, 1.165) is 10.9 Å². The van der Waals surface area contributed by atoms with Crippen LogP contribution in [0.2, 0.25) is 0 Å². The van der Waals surface area contributed by atoms with Crippen LogP contribution in [0.15, 0.2) is 58.0 Å². The molecule has 122 valence electrons. The lowest BCUT2D eigenvalue weighted by Gasteiger charge is -2.31. The molecule has 4 rings (SSSR count). The maximum Gasteiger partial charge on any atom is 0.343 e. The van der Waals surface area contributed by atoms with Crippen LogP contribution in [0.3, 0.4) is 0 Å². The third-order valence-corrected chi connectivity index (χ3v) is 4.26. The van der Waals surface area contributed by atoms with Crippen LogP contribution < -0.4 is 10.4 Å². The SMILES string of the molecule is CCO[C@H]1C[C@H](c2cccnc2)c2c(c3ccccc3oc2=O)O1. The first-order valence-corrected chi connectivity index (χ1v) is 8.02. The van der Waals surface area contributed by atoms with Crippen molar-refractivity contribution in [2.24, 2.45) is 0 Å². The predicted molar refractivity (Wildman–Crippen MR) is 89.2 cm³/mol. The van der Waals surface area contributed by atoms with Gasteiger partial charge in [-0.3, -0.25) is 4.98 Å². The molecule has 5 heteroatoms. The molecule has 2 aromatic heterocycles. The van der Waals surface area contributed by atoms with Gasteiger partial charge in [-0.2, -0.15) is 0 Å². The normalized spacial score (nSPS) is 19.7. The molecule has 3 aromatic rings. The molecule has 0 aliphatic carbocycles. The van der Waals surface area contributed by atoms with Gasteiger partial charge in [-0.1, -0.05) is 18.2 Å². The Morgan fingerprint density at radius 2 is 2.12 bits per heavy atom. The van der Waals surface area contributed by atoms with Gasteiger partial charge >= 0.3 is 5.63 Å². The minimum absolute atomic E-state index is 0.167. The number of hydrogen-bond acceptors (Lipinski definition) is 5. The largest absolute Gasteiger partial charge is 0.464 e. The highest BCUT2D eigenvalue weighted by atomic mass is 16.7. The molecule has 2 atom stereocenters. The van der Waals surface area contributed by atoms with E-state index in [1.807, 2.05) is 37.3 Å². The van der Waals surface area contributed by atoms with Crippen molar-refractivity contribution in [3.8, 4) is 5.75 Å². The lowest BCUT2D eigenvalue weighted by molar-refractivity contribution is -0.0890. The van der Waals surface area contributed by atoms with Crippen molar-refractivity contribution >= 4 is 11.0 Å². The van der Waals surface area contributed by atoms with Crippen molar-refractivity contribution in [3.63, 3.8) is 0 Å². The summed E-state index contributed by atoms with van der Waals surface area (Å²) >= 11 is 0. The number of aromatic nitrogens is 1. The van der Waals surface area contributed by atoms with E-state index in [0.29, 0.717) is 29.9 Å². The number of rotatable bonds is 3. The number of benzene rings is 1. The molecular weight excluding hydrogens is 306 g/mol. The molecule has 5 nitrogen and oxygen atoms in total. The lowest BCUT2D eigenvalue weighted by atomic mass is 9.87. The summed E-state index contributed by atoms with van der Waals surface area (Å²) in [6.45, 7) is 2.47. The number of para-hydroxylation sites is 1. The Bertz CT molecular complexity index is 920. The fourth-order valence-corrected chi connectivity index (χ4v) is 3.23. The molecule has 0 saturated heterocycles. The highest BCUT2D eigenvalue weighted by Gasteiger charge is 2.34. The first kappa shape index (κ1) is 14.9. The zero-order chi connectivity index (χ0) is 16.5. The average molecular weight is 323 g/mol. The van der Waals surface area contributed by atoms with Crippen molar-refractivity contribution in [2.45, 2.75) is 25.6 Å². The molecule has 1 aliphatic heterocycles. The Morgan fingerprint density at radius 1 is 1.25 bits per heavy atom. The zero-order valence-electron chi connectivity index (χ0n) is 13.3. The summed E-state index contributed by atoms with van der Waals surface area (Å²) < 4.78 is 17.2. The van der Waals surface area contributed by atoms with Crippen LogP contribution in [0.1, 0.15) is 30.4 Å². The van der Waals surface area contributed by atoms with Gasteiger partial charge in [0.15, 0.2) is 0 Å². The van der Waals surface area contributed by atoms with Crippen LogP contribution in [0.25, 0.3) is 11.0 Å². The van der Waals surface area contributed by atoms with Gasteiger partial charge in [-0.25, -0.2) is 4.79 Å². The van der Waals surface area contributed by atoms with Crippen LogP contribution in [0.5, 0.6) is 5.75 Å². The van der Waals surface area contributed by atoms with Crippen molar-refractivity contribution in [1.29, 1.82) is 0 Å². The monoisotopic (exact) mass is 323 g/mol. The number of hydrogen-bond donors (Lipinski definition) is 0. The zero-order valence-corrected chi connectivity index (χ0v) is 13.3. The topological polar surface area (TPSA) is 61.6 Å². The van der Waals surface area contributed by atoms with E-state index in [1.54, 1.807) is 18.5 Å². The van der Waals surface area contributed by atoms with Crippen LogP contribution >= 0.6 is 0 Å². The van der Waals surface area contributed by atoms with Gasteiger partial charge in [0, 0.05) is 31.3 Å². The highest BCUT2D eigenvalue weighted by Crippen LogP contribution is 2.42. The number of ether oxygens (including phenoxy) is 2. The van der Waals surface area contributed by atoms with Crippen LogP contribution in [-0.2, 0) is 4.74 Å². The Balaban J connectivity index is 1.95. The van der Waals surface area contributed by atoms with E-state index in [-0.39, 0.29) is 11.5 Å². The fourth-order valence-electron chi connectivity index (χ4n) is 3.23. The smallest absolute Gasteiger partial charge is 0.343 e. The first-order chi connectivity index (χ1) is 11.8. The van der Waals surface area contributed by atoms with Gasteiger partial charge in [0.2, 0.25) is 6.29 Å². The highest BCUT2D eigenvalue weighted by molar-refractivity contribution is 5.85. The van der Waals surface area contributed by atoms with Crippen molar-refractivity contribution in [3.05, 3.63) is 70.3 Å². The third kappa shape index (κ3) is 2.47. The predicted octanol–water partition coefficient (Wildman–Crippen LogP) is 3.47. The van der Waals surface area contributed by atoms with E-state index < -0.39 is 6.29 Å². The molecule has 0 amide bonds. The summed E-state index contributed by atoms with van der Waals surface area (Å²) in [6, 6.07) is 11.2. The molecule has 24 heavy (non-hydrogen) atoms. The Labute approximate surface area is 138 Å². The second-order valence-electron chi connectivity index (χ2n) is 5.71. The van der Waals surface area contributed by atoms with Crippen molar-refractivity contribution in [2.75, 3.05) is 6.61 Å². The van der Waals surface area contributed by atoms with Gasteiger partial charge < -0.3 is 13.9 Å². The molecule has 0 radical (unpaired) electrons. The number of pyridine rings is 1. The molecule has 0 fully saturated rings. The minimum Gasteiger partial charge on any atom is -0.464 e. The van der Waals surface area contributed by atoms with Crippen LogP contribution in [0, 0.1) is 0 Å². The van der Waals surface area contributed by atoms with E-state index in [4.69, 9.17) is 13.9 Å². The Morgan fingerprint density at radius 3 is 2.92 bits per heavy atom. The van der Waals surface area contributed by atoms with E-state index in [9.17, 15) is 4.79 Å². The number of fused-ring (bicyclic) bond motifs is 3. The summed E-state index contributed by atoms with van der Waals surface area (Å²) in [6.07, 6.45) is 3.64. The van der Waals surface area contributed by atoms with E-state index in [1.165, 1.54) is 0 Å². The fraction of sp³-hybridized carbons (Fsp3) is 0.263. The van der Waals surface area contributed by atoms with E-state index >= 15 is 0 Å². The second kappa shape index (κ2) is 6.09. The van der Waals surface area contributed by atoms with Crippen LogP contribution in [-0.4, -0.2) is 17.9 Å². The quantitative estimate of drug-likeness (QED) is 0.691. The average Bonchev–Trinajstić information content (AvgIpc) is 2.62. The third-order valence-electron chi connectivity index (χ3n) is 4.26. The molecule has 0 unspecified atom stereocenters. The summed E-state index contributed by atoms with van der Waals surface area (Å²) in [7, 11) is 0. The van der Waals surface area contributed by atoms with Gasteiger partial charge in [0.05, 0.1) is 10.9 Å². The Kier molecular flexibility index (Phi) is 3.78. The molecule has 1 aromatic carbocycles. The summed E-state index contributed by atoms with van der Waals surface area (Å²) in [5.74, 6) is 0.389. The van der Waals surface area contributed by atoms with Gasteiger partial charge in [0.1, 0.15) is 11.3 Å². The van der Waals surface area contributed by atoms with Crippen molar-refractivity contribution < 1.29 is 13.9 Å². The molecule has 0 saturated carbocycles. The molecular formula is C19H17NO4. The Hall–Kier alpha value is -2.66. The molecule has 1 aliphatic rings. The maximum absolute atomic E-state index is 12.6. The maximum atomic E-state index is 12.6. The summed E-state index contributed by atoms with van der Waals surface area (Å²) in [4.78, 5) is 16.8. The molecule has 0 spiro atoms. The number of nitrogens with zero attached hydrogens (tertiary/aromatic N) is 1. The summed E-state index contributed by atoms with van der Waals surface area (Å²) in [5, 5.41) is 0.783. The first-order valence-electron chi connectivity index (χ1n) is 8.02. The van der Waals surface area contributed by atoms with Gasteiger partial charge in [-0.15, -0.1) is 0 Å². The van der Waals surface area contributed by atoms with Crippen LogP contribution in [0.4, 0.5) is 0 Å². The van der Waals surface area contributed by atoms with Gasteiger partial charge in [-0.05, 0) is 30.7 Å².